The van der Waals surface area contributed by atoms with E-state index in [1.54, 1.807) is 0 Å². The normalized spacial score (nSPS) is 11.0. The summed E-state index contributed by atoms with van der Waals surface area (Å²) in [6.45, 7) is 4.70. The molecule has 3 N–H and O–H groups in total. The van der Waals surface area contributed by atoms with Crippen LogP contribution >= 0.6 is 0 Å². The smallest absolute Gasteiger partial charge is 0.257 e. The summed E-state index contributed by atoms with van der Waals surface area (Å²) >= 11 is 0. The van der Waals surface area contributed by atoms with Crippen molar-refractivity contribution in [2.45, 2.75) is 13.8 Å². The summed E-state index contributed by atoms with van der Waals surface area (Å²) in [5.74, 6) is 0.840. The molecule has 1 amide bonds. The van der Waals surface area contributed by atoms with E-state index in [9.17, 15) is 4.79 Å². The van der Waals surface area contributed by atoms with Crippen molar-refractivity contribution in [2.75, 3.05) is 18.9 Å². The van der Waals surface area contributed by atoms with Gasteiger partial charge in [0.2, 0.25) is 0 Å². The van der Waals surface area contributed by atoms with E-state index in [0.717, 1.165) is 11.3 Å². The summed E-state index contributed by atoms with van der Waals surface area (Å²) in [7, 11) is 0. The Morgan fingerprint density at radius 1 is 1.28 bits per heavy atom. The van der Waals surface area contributed by atoms with Crippen molar-refractivity contribution in [2.24, 2.45) is 5.92 Å². The van der Waals surface area contributed by atoms with Gasteiger partial charge in [0.1, 0.15) is 0 Å². The first kappa shape index (κ1) is 16.8. The van der Waals surface area contributed by atoms with Crippen LogP contribution in [0.15, 0.2) is 48.8 Å². The molecule has 0 radical (unpaired) electrons. The molecule has 0 aliphatic heterocycles. The molecule has 6 heteroatoms. The number of hydrogen-bond donors (Lipinski definition) is 2. The Kier molecular flexibility index (Phi) is 4.88. The highest BCUT2D eigenvalue weighted by molar-refractivity contribution is 5.78. The van der Waals surface area contributed by atoms with E-state index in [4.69, 9.17) is 10.5 Å². The Bertz CT molecular complexity index is 869. The van der Waals surface area contributed by atoms with Gasteiger partial charge in [-0.1, -0.05) is 26.0 Å². The lowest BCUT2D eigenvalue weighted by molar-refractivity contribution is -0.123. The average molecular weight is 338 g/mol. The van der Waals surface area contributed by atoms with Crippen LogP contribution in [0, 0.1) is 5.92 Å². The molecule has 25 heavy (non-hydrogen) atoms. The van der Waals surface area contributed by atoms with Crippen molar-refractivity contribution in [3.63, 3.8) is 0 Å². The Labute approximate surface area is 146 Å². The van der Waals surface area contributed by atoms with Crippen LogP contribution in [0.1, 0.15) is 13.8 Å². The van der Waals surface area contributed by atoms with Crippen LogP contribution in [0.2, 0.25) is 0 Å². The van der Waals surface area contributed by atoms with Gasteiger partial charge in [-0.15, -0.1) is 0 Å². The van der Waals surface area contributed by atoms with E-state index in [0.29, 0.717) is 29.5 Å². The predicted octanol–water partition coefficient (Wildman–Crippen LogP) is 2.73. The minimum absolute atomic E-state index is 0.0313. The molecule has 130 valence electrons. The third-order valence-corrected chi connectivity index (χ3v) is 3.72. The van der Waals surface area contributed by atoms with Crippen molar-refractivity contribution < 1.29 is 9.53 Å². The number of benzene rings is 1. The Morgan fingerprint density at radius 3 is 2.76 bits per heavy atom. The van der Waals surface area contributed by atoms with Crippen LogP contribution in [-0.4, -0.2) is 28.4 Å². The zero-order chi connectivity index (χ0) is 17.8. The second-order valence-corrected chi connectivity index (χ2v) is 6.34. The van der Waals surface area contributed by atoms with Gasteiger partial charge >= 0.3 is 0 Å². The fourth-order valence-electron chi connectivity index (χ4n) is 2.41. The number of pyridine rings is 1. The number of aromatic nitrogens is 2. The van der Waals surface area contributed by atoms with Crippen molar-refractivity contribution in [3.8, 4) is 17.0 Å². The molecular weight excluding hydrogens is 316 g/mol. The van der Waals surface area contributed by atoms with E-state index in [-0.39, 0.29) is 12.5 Å². The number of nitrogens with two attached hydrogens (primary N) is 1. The van der Waals surface area contributed by atoms with E-state index >= 15 is 0 Å². The molecule has 3 rings (SSSR count). The van der Waals surface area contributed by atoms with E-state index in [1.807, 2.05) is 67.0 Å². The first-order chi connectivity index (χ1) is 12.0. The second kappa shape index (κ2) is 7.25. The monoisotopic (exact) mass is 338 g/mol. The highest BCUT2D eigenvalue weighted by Gasteiger charge is 2.10. The van der Waals surface area contributed by atoms with Crippen LogP contribution in [0.4, 0.5) is 5.69 Å². The minimum Gasteiger partial charge on any atom is -0.480 e. The lowest BCUT2D eigenvalue weighted by atomic mass is 10.1. The summed E-state index contributed by atoms with van der Waals surface area (Å²) in [5, 5.41) is 2.83. The Morgan fingerprint density at radius 2 is 2.04 bits per heavy atom. The molecule has 0 aliphatic carbocycles. The second-order valence-electron chi connectivity index (χ2n) is 6.34. The number of imidazole rings is 1. The van der Waals surface area contributed by atoms with Crippen molar-refractivity contribution in [3.05, 3.63) is 48.8 Å². The third kappa shape index (κ3) is 4.09. The van der Waals surface area contributed by atoms with Gasteiger partial charge in [0.05, 0.1) is 5.69 Å². The van der Waals surface area contributed by atoms with Gasteiger partial charge in [0.25, 0.3) is 5.91 Å². The van der Waals surface area contributed by atoms with Gasteiger partial charge < -0.3 is 20.2 Å². The zero-order valence-corrected chi connectivity index (χ0v) is 14.4. The molecule has 0 aliphatic rings. The number of hydrogen-bond acceptors (Lipinski definition) is 4. The highest BCUT2D eigenvalue weighted by Crippen LogP contribution is 2.25. The molecule has 0 bridgehead atoms. The van der Waals surface area contributed by atoms with Crippen LogP contribution in [0.5, 0.6) is 5.75 Å². The maximum atomic E-state index is 11.8. The van der Waals surface area contributed by atoms with E-state index < -0.39 is 0 Å². The zero-order valence-electron chi connectivity index (χ0n) is 14.4. The number of nitrogen functional groups attached to an aromatic ring is 1. The van der Waals surface area contributed by atoms with Crippen LogP contribution in [-0.2, 0) is 4.79 Å². The number of amides is 1. The van der Waals surface area contributed by atoms with Gasteiger partial charge in [-0.2, -0.15) is 0 Å². The molecule has 0 unspecified atom stereocenters. The highest BCUT2D eigenvalue weighted by atomic mass is 16.5. The number of nitrogens with one attached hydrogen (secondary N) is 1. The number of anilines is 1. The summed E-state index contributed by atoms with van der Waals surface area (Å²) < 4.78 is 7.55. The number of fused-ring (bicyclic) bond motifs is 1. The standard InChI is InChI=1S/C19H22N4O2/c1-13(2)10-21-18(24)12-25-17-4-3-9-23-11-16(22-19(17)23)14-5-7-15(20)8-6-14/h3-9,11,13H,10,12,20H2,1-2H3,(H,21,24). The molecule has 6 nitrogen and oxygen atoms in total. The van der Waals surface area contributed by atoms with Crippen molar-refractivity contribution in [1.82, 2.24) is 14.7 Å². The SMILES string of the molecule is CC(C)CNC(=O)COc1cccn2cc(-c3ccc(N)cc3)nc12. The van der Waals surface area contributed by atoms with Crippen LogP contribution in [0.3, 0.4) is 0 Å². The van der Waals surface area contributed by atoms with Gasteiger partial charge in [0.15, 0.2) is 18.0 Å². The quantitative estimate of drug-likeness (QED) is 0.677. The molecule has 0 spiro atoms. The molecular formula is C19H22N4O2. The molecule has 2 heterocycles. The van der Waals surface area contributed by atoms with Gasteiger partial charge in [-0.25, -0.2) is 4.98 Å². The van der Waals surface area contributed by atoms with Crippen molar-refractivity contribution >= 4 is 17.2 Å². The Balaban J connectivity index is 1.78. The molecule has 0 fully saturated rings. The summed E-state index contributed by atoms with van der Waals surface area (Å²) in [5.41, 5.74) is 8.91. The fourth-order valence-corrected chi connectivity index (χ4v) is 2.41. The average Bonchev–Trinajstić information content (AvgIpc) is 3.03. The third-order valence-electron chi connectivity index (χ3n) is 3.72. The minimum atomic E-state index is -0.138. The van der Waals surface area contributed by atoms with Crippen LogP contribution < -0.4 is 15.8 Å². The molecule has 3 aromatic rings. The molecule has 2 aromatic heterocycles. The van der Waals surface area contributed by atoms with E-state index in [2.05, 4.69) is 10.3 Å². The first-order valence-corrected chi connectivity index (χ1v) is 8.26. The predicted molar refractivity (Wildman–Crippen MR) is 98.4 cm³/mol. The summed E-state index contributed by atoms with van der Waals surface area (Å²) in [6, 6.07) is 11.2. The number of carbonyl (C=O) groups excluding carboxylic acids is 1. The molecule has 1 aromatic carbocycles. The molecule has 0 saturated carbocycles. The maximum Gasteiger partial charge on any atom is 0.257 e. The van der Waals surface area contributed by atoms with Gasteiger partial charge in [-0.3, -0.25) is 4.79 Å². The Hall–Kier alpha value is -3.02. The number of nitrogens with zero attached hydrogens (tertiary/aromatic N) is 2. The first-order valence-electron chi connectivity index (χ1n) is 8.26. The number of ether oxygens (including phenoxy) is 1. The topological polar surface area (TPSA) is 81.6 Å². The number of carbonyl (C=O) groups is 1. The van der Waals surface area contributed by atoms with Gasteiger partial charge in [0, 0.05) is 30.2 Å². The molecule has 0 atom stereocenters. The lowest BCUT2D eigenvalue weighted by Gasteiger charge is -2.09. The number of rotatable bonds is 6. The fraction of sp³-hybridized carbons (Fsp3) is 0.263. The lowest BCUT2D eigenvalue weighted by Crippen LogP contribution is -2.31. The van der Waals surface area contributed by atoms with Crippen molar-refractivity contribution in [1.29, 1.82) is 0 Å². The maximum absolute atomic E-state index is 11.8. The van der Waals surface area contributed by atoms with Gasteiger partial charge in [-0.05, 0) is 30.2 Å². The summed E-state index contributed by atoms with van der Waals surface area (Å²) in [6.07, 6.45) is 3.82. The summed E-state index contributed by atoms with van der Waals surface area (Å²) in [4.78, 5) is 16.5. The molecule has 0 saturated heterocycles. The van der Waals surface area contributed by atoms with Crippen LogP contribution in [0.25, 0.3) is 16.9 Å². The van der Waals surface area contributed by atoms with E-state index in [1.165, 1.54) is 0 Å². The largest absolute Gasteiger partial charge is 0.480 e.